The van der Waals surface area contributed by atoms with E-state index in [4.69, 9.17) is 18.9 Å². The van der Waals surface area contributed by atoms with Crippen molar-refractivity contribution >= 4 is 29.1 Å². The minimum absolute atomic E-state index is 0.120. The molecule has 1 unspecified atom stereocenters. The Morgan fingerprint density at radius 2 is 1.51 bits per heavy atom. The molecule has 0 saturated carbocycles. The summed E-state index contributed by atoms with van der Waals surface area (Å²) in [5.41, 5.74) is 1.18. The number of aliphatic hydroxyl groups is 1. The monoisotopic (exact) mass is 503 g/mol. The summed E-state index contributed by atoms with van der Waals surface area (Å²) in [6, 6.07) is 16.7. The Labute approximate surface area is 213 Å². The van der Waals surface area contributed by atoms with E-state index in [0.717, 1.165) is 0 Å². The Morgan fingerprint density at radius 1 is 0.811 bits per heavy atom. The van der Waals surface area contributed by atoms with E-state index in [1.807, 2.05) is 0 Å². The van der Waals surface area contributed by atoms with Gasteiger partial charge in [0.25, 0.3) is 11.7 Å². The molecule has 9 heteroatoms. The number of ketones is 1. The maximum absolute atomic E-state index is 13.4. The first-order valence-corrected chi connectivity index (χ1v) is 11.2. The molecule has 1 heterocycles. The zero-order valence-corrected chi connectivity index (χ0v) is 20.7. The number of benzene rings is 3. The first kappa shape index (κ1) is 25.3. The number of esters is 1. The molecule has 0 bridgehead atoms. The Bertz CT molecular complexity index is 1390. The predicted octanol–water partition coefficient (Wildman–Crippen LogP) is 4.13. The second-order valence-corrected chi connectivity index (χ2v) is 8.05. The van der Waals surface area contributed by atoms with Crippen LogP contribution >= 0.6 is 0 Å². The Balaban J connectivity index is 1.93. The van der Waals surface area contributed by atoms with Crippen molar-refractivity contribution in [3.63, 3.8) is 0 Å². The maximum Gasteiger partial charge on any atom is 0.337 e. The largest absolute Gasteiger partial charge is 0.507 e. The summed E-state index contributed by atoms with van der Waals surface area (Å²) < 4.78 is 20.6. The van der Waals surface area contributed by atoms with Crippen LogP contribution in [0.4, 0.5) is 5.69 Å². The number of anilines is 1. The van der Waals surface area contributed by atoms with Crippen molar-refractivity contribution < 1.29 is 38.4 Å². The Kier molecular flexibility index (Phi) is 7.15. The van der Waals surface area contributed by atoms with Crippen LogP contribution in [0.5, 0.6) is 17.2 Å². The molecule has 0 spiro atoms. The molecule has 1 amide bonds. The molecule has 37 heavy (non-hydrogen) atoms. The summed E-state index contributed by atoms with van der Waals surface area (Å²) in [7, 11) is 5.71. The van der Waals surface area contributed by atoms with Crippen LogP contribution in [0.2, 0.25) is 0 Å². The molecular weight excluding hydrogens is 478 g/mol. The van der Waals surface area contributed by atoms with E-state index in [9.17, 15) is 19.5 Å². The number of hydrogen-bond acceptors (Lipinski definition) is 8. The molecule has 0 radical (unpaired) electrons. The van der Waals surface area contributed by atoms with Crippen LogP contribution in [0, 0.1) is 0 Å². The van der Waals surface area contributed by atoms with Gasteiger partial charge in [0.15, 0.2) is 11.5 Å². The first-order valence-electron chi connectivity index (χ1n) is 11.2. The lowest BCUT2D eigenvalue weighted by Crippen LogP contribution is -2.29. The van der Waals surface area contributed by atoms with E-state index in [2.05, 4.69) is 0 Å². The van der Waals surface area contributed by atoms with E-state index in [1.54, 1.807) is 48.5 Å². The molecule has 4 rings (SSSR count). The Hall–Kier alpha value is -4.79. The van der Waals surface area contributed by atoms with E-state index < -0.39 is 23.7 Å². The average Bonchev–Trinajstić information content (AvgIpc) is 3.21. The van der Waals surface area contributed by atoms with Crippen LogP contribution < -0.4 is 19.1 Å². The van der Waals surface area contributed by atoms with Crippen LogP contribution in [0.25, 0.3) is 5.76 Å². The number of nitrogens with zero attached hydrogens (tertiary/aromatic N) is 1. The van der Waals surface area contributed by atoms with E-state index in [-0.39, 0.29) is 28.1 Å². The number of aliphatic hydroxyl groups excluding tert-OH is 1. The van der Waals surface area contributed by atoms with Gasteiger partial charge in [0.05, 0.1) is 45.6 Å². The fourth-order valence-corrected chi connectivity index (χ4v) is 4.24. The molecule has 3 aromatic rings. The van der Waals surface area contributed by atoms with E-state index in [0.29, 0.717) is 22.8 Å². The molecule has 0 aromatic heterocycles. The lowest BCUT2D eigenvalue weighted by atomic mass is 9.95. The summed E-state index contributed by atoms with van der Waals surface area (Å²) in [5.74, 6) is -1.36. The number of amides is 1. The number of rotatable bonds is 7. The molecule has 190 valence electrons. The van der Waals surface area contributed by atoms with Crippen molar-refractivity contribution in [1.82, 2.24) is 0 Å². The molecule has 0 aliphatic carbocycles. The Morgan fingerprint density at radius 3 is 2.14 bits per heavy atom. The van der Waals surface area contributed by atoms with Gasteiger partial charge in [-0.1, -0.05) is 18.2 Å². The van der Waals surface area contributed by atoms with E-state index >= 15 is 0 Å². The highest BCUT2D eigenvalue weighted by Gasteiger charge is 2.47. The summed E-state index contributed by atoms with van der Waals surface area (Å²) in [4.78, 5) is 40.2. The van der Waals surface area contributed by atoms with Crippen molar-refractivity contribution in [2.24, 2.45) is 0 Å². The van der Waals surface area contributed by atoms with Crippen molar-refractivity contribution in [2.75, 3.05) is 33.3 Å². The molecule has 1 N–H and O–H groups in total. The number of Topliss-reactive ketones (excluding diaryl/α,β-unsaturated/α-hetero) is 1. The molecule has 1 aliphatic rings. The molecular formula is C28H25NO8. The number of carbonyl (C=O) groups excluding carboxylic acids is 3. The number of ether oxygens (including phenoxy) is 4. The normalized spacial score (nSPS) is 16.4. The lowest BCUT2D eigenvalue weighted by Gasteiger charge is -2.26. The predicted molar refractivity (Wildman–Crippen MR) is 135 cm³/mol. The fourth-order valence-electron chi connectivity index (χ4n) is 4.24. The third kappa shape index (κ3) is 4.58. The van der Waals surface area contributed by atoms with Gasteiger partial charge in [-0.2, -0.15) is 0 Å². The van der Waals surface area contributed by atoms with Gasteiger partial charge in [0.2, 0.25) is 0 Å². The zero-order chi connectivity index (χ0) is 26.7. The quantitative estimate of drug-likeness (QED) is 0.222. The molecule has 1 saturated heterocycles. The second-order valence-electron chi connectivity index (χ2n) is 8.05. The van der Waals surface area contributed by atoms with Gasteiger partial charge < -0.3 is 24.1 Å². The van der Waals surface area contributed by atoms with Gasteiger partial charge in [0.1, 0.15) is 11.5 Å². The van der Waals surface area contributed by atoms with Gasteiger partial charge in [-0.05, 0) is 54.1 Å². The van der Waals surface area contributed by atoms with Crippen molar-refractivity contribution in [3.05, 3.63) is 89.0 Å². The average molecular weight is 504 g/mol. The van der Waals surface area contributed by atoms with Gasteiger partial charge in [0, 0.05) is 11.3 Å². The topological polar surface area (TPSA) is 112 Å². The molecule has 1 fully saturated rings. The fraction of sp³-hybridized carbons (Fsp3) is 0.179. The van der Waals surface area contributed by atoms with Crippen molar-refractivity contribution in [1.29, 1.82) is 0 Å². The van der Waals surface area contributed by atoms with Crippen LogP contribution in [0.15, 0.2) is 72.3 Å². The third-order valence-electron chi connectivity index (χ3n) is 6.08. The van der Waals surface area contributed by atoms with Gasteiger partial charge >= 0.3 is 5.97 Å². The second kappa shape index (κ2) is 10.4. The van der Waals surface area contributed by atoms with Crippen LogP contribution in [0.1, 0.15) is 27.5 Å². The highest BCUT2D eigenvalue weighted by Crippen LogP contribution is 2.43. The van der Waals surface area contributed by atoms with Crippen molar-refractivity contribution in [2.45, 2.75) is 6.04 Å². The minimum atomic E-state index is -0.994. The van der Waals surface area contributed by atoms with Crippen LogP contribution in [-0.2, 0) is 14.3 Å². The standard InChI is InChI=1S/C28H25NO8/c1-34-20-11-8-16(9-12-20)24-23(25(30)17-10-13-21(35-2)22(15-17)36-3)26(31)27(32)29(24)19-7-5-6-18(14-19)28(33)37-4/h5-15,24,30H,1-4H3/b25-23+. The van der Waals surface area contributed by atoms with Crippen LogP contribution in [-0.4, -0.2) is 51.2 Å². The third-order valence-corrected chi connectivity index (χ3v) is 6.08. The summed E-state index contributed by atoms with van der Waals surface area (Å²) in [6.45, 7) is 0. The highest BCUT2D eigenvalue weighted by molar-refractivity contribution is 6.51. The van der Waals surface area contributed by atoms with E-state index in [1.165, 1.54) is 51.5 Å². The summed E-state index contributed by atoms with van der Waals surface area (Å²) >= 11 is 0. The molecule has 1 atom stereocenters. The van der Waals surface area contributed by atoms with Crippen molar-refractivity contribution in [3.8, 4) is 17.2 Å². The minimum Gasteiger partial charge on any atom is -0.507 e. The molecule has 1 aliphatic heterocycles. The lowest BCUT2D eigenvalue weighted by molar-refractivity contribution is -0.132. The van der Waals surface area contributed by atoms with Gasteiger partial charge in [-0.15, -0.1) is 0 Å². The number of carbonyl (C=O) groups is 3. The zero-order valence-electron chi connectivity index (χ0n) is 20.7. The number of hydrogen-bond donors (Lipinski definition) is 1. The maximum atomic E-state index is 13.4. The summed E-state index contributed by atoms with van der Waals surface area (Å²) in [6.07, 6.45) is 0. The number of methoxy groups -OCH3 is 4. The summed E-state index contributed by atoms with van der Waals surface area (Å²) in [5, 5.41) is 11.4. The van der Waals surface area contributed by atoms with Crippen LogP contribution in [0.3, 0.4) is 0 Å². The van der Waals surface area contributed by atoms with Gasteiger partial charge in [-0.3, -0.25) is 14.5 Å². The smallest absolute Gasteiger partial charge is 0.337 e. The first-order chi connectivity index (χ1) is 17.8. The SMILES string of the molecule is COC(=O)c1cccc(N2C(=O)C(=O)/C(=C(/O)c3ccc(OC)c(OC)c3)C2c2ccc(OC)cc2)c1. The molecule has 3 aromatic carbocycles. The molecule has 9 nitrogen and oxygen atoms in total. The van der Waals surface area contributed by atoms with Gasteiger partial charge in [-0.25, -0.2) is 4.79 Å². The highest BCUT2D eigenvalue weighted by atomic mass is 16.5.